The number of hydrogen-bond acceptors (Lipinski definition) is 9. The first kappa shape index (κ1) is 67.3. The van der Waals surface area contributed by atoms with E-state index in [1.54, 1.807) is 0 Å². The third kappa shape index (κ3) is 16.6. The lowest BCUT2D eigenvalue weighted by atomic mass is 9.98. The standard InChI is InChI=1S/C19H14N2.2C18H13N.C14H11N.C13H11N.C10H9N.C3H3N3/c1-3-9-15(10-4-1)19-20-17-13-7-8-14-18(17)21(19)16-11-5-2-6-12-16;1-3-9-15-13(6-1)8-5-10-16(15)18-12-14-7-2-4-11-17(14)19-18;1-2-6-14-11-16(10-9-13(14)5-1)18-12-15-7-3-4-8-17(15)19-18;1-2-6-11(7-3-1)14-10-12-8-4-5-9-13(12)15-14;1-2-6-10(5-1)13-9-11-7-3-4-8-12(11)14-13;1-2-5-9(6-3-1)10-7-4-8-11-10;1-4-2-6-3-5-1/h1-14H;2*1-11H,12H2;1-9H,10H2;1-5,7-8H,6,9H2;1-6,8H,7H2;1-3H. The quantitative estimate of drug-likeness (QED) is 0.158. The molecule has 0 spiro atoms. The van der Waals surface area contributed by atoms with Crippen molar-refractivity contribution >= 4 is 83.9 Å². The van der Waals surface area contributed by atoms with E-state index in [0.717, 1.165) is 89.4 Å². The first-order valence-electron chi connectivity index (χ1n) is 35.5. The summed E-state index contributed by atoms with van der Waals surface area (Å²) < 4.78 is 2.21. The summed E-state index contributed by atoms with van der Waals surface area (Å²) in [4.78, 5) is 38.6. The van der Waals surface area contributed by atoms with Gasteiger partial charge in [0.2, 0.25) is 0 Å². The molecule has 0 amide bonds. The average Bonchev–Trinajstić information content (AvgIpc) is 1.63. The number of fused-ring (bicyclic) bond motifs is 7. The minimum absolute atomic E-state index is 0.935. The third-order valence-corrected chi connectivity index (χ3v) is 18.6. The van der Waals surface area contributed by atoms with Crippen molar-refractivity contribution in [3.8, 4) is 17.1 Å². The maximum Gasteiger partial charge on any atom is 0.145 e. The van der Waals surface area contributed by atoms with Crippen LogP contribution in [0.4, 0.5) is 22.7 Å². The van der Waals surface area contributed by atoms with Crippen LogP contribution >= 0.6 is 0 Å². The largest absolute Gasteiger partial charge is 0.292 e. The third-order valence-electron chi connectivity index (χ3n) is 18.6. The van der Waals surface area contributed by atoms with Crippen LogP contribution in [0.2, 0.25) is 0 Å². The van der Waals surface area contributed by atoms with E-state index in [-0.39, 0.29) is 0 Å². The summed E-state index contributed by atoms with van der Waals surface area (Å²) in [5.74, 6) is 0.975. The van der Waals surface area contributed by atoms with Gasteiger partial charge in [0, 0.05) is 60.8 Å². The topological polar surface area (TPSA) is 118 Å². The number of imidazole rings is 1. The molecule has 15 aromatic rings. The van der Waals surface area contributed by atoms with Crippen LogP contribution in [-0.2, 0) is 25.7 Å². The molecule has 1 aliphatic carbocycles. The van der Waals surface area contributed by atoms with Crippen molar-refractivity contribution in [2.24, 2.45) is 25.0 Å². The minimum atomic E-state index is 0.935. The summed E-state index contributed by atoms with van der Waals surface area (Å²) in [6.45, 7) is 0. The number of aliphatic imine (C=N–C) groups is 5. The zero-order chi connectivity index (χ0) is 70.6. The molecule has 10 heteroatoms. The van der Waals surface area contributed by atoms with Gasteiger partial charge < -0.3 is 0 Å². The molecule has 10 nitrogen and oxygen atoms in total. The van der Waals surface area contributed by atoms with E-state index in [1.165, 1.54) is 119 Å². The van der Waals surface area contributed by atoms with E-state index in [1.807, 2.05) is 85.1 Å². The summed E-state index contributed by atoms with van der Waals surface area (Å²) in [5.41, 5.74) is 26.5. The number of hydrogen-bond donors (Lipinski definition) is 0. The maximum atomic E-state index is 4.82. The molecular weight excluding hydrogens is 1280 g/mol. The zero-order valence-electron chi connectivity index (χ0n) is 58.0. The Hall–Kier alpha value is -13.6. The molecule has 0 radical (unpaired) electrons. The fourth-order valence-electron chi connectivity index (χ4n) is 13.4. The van der Waals surface area contributed by atoms with Gasteiger partial charge in [0.1, 0.15) is 24.8 Å². The second-order valence-electron chi connectivity index (χ2n) is 25.5. The molecule has 5 aliphatic heterocycles. The lowest BCUT2D eigenvalue weighted by molar-refractivity contribution is 1.05. The maximum absolute atomic E-state index is 4.82. The van der Waals surface area contributed by atoms with Crippen LogP contribution in [0.1, 0.15) is 57.3 Å². The fraction of sp³-hybridized carbons (Fsp3) is 0.0632. The molecule has 0 saturated heterocycles. The van der Waals surface area contributed by atoms with Gasteiger partial charge in [-0.2, -0.15) is 0 Å². The number of rotatable bonds is 7. The van der Waals surface area contributed by atoms with E-state index in [0.29, 0.717) is 0 Å². The summed E-state index contributed by atoms with van der Waals surface area (Å²) in [7, 11) is 0. The Morgan fingerprint density at radius 3 is 1.32 bits per heavy atom. The van der Waals surface area contributed by atoms with Gasteiger partial charge in [-0.25, -0.2) is 19.9 Å². The van der Waals surface area contributed by atoms with Gasteiger partial charge in [-0.05, 0) is 127 Å². The van der Waals surface area contributed by atoms with E-state index in [9.17, 15) is 0 Å². The first-order chi connectivity index (χ1) is 52.1. The fourth-order valence-corrected chi connectivity index (χ4v) is 13.4. The highest BCUT2D eigenvalue weighted by molar-refractivity contribution is 6.15. The molecule has 21 rings (SSSR count). The van der Waals surface area contributed by atoms with Crippen LogP contribution in [0.3, 0.4) is 0 Å². The molecular formula is C95H74N10. The van der Waals surface area contributed by atoms with Gasteiger partial charge in [-0.1, -0.05) is 297 Å². The smallest absolute Gasteiger partial charge is 0.145 e. The molecule has 105 heavy (non-hydrogen) atoms. The number of benzene rings is 13. The number of nitrogens with zero attached hydrogens (tertiary/aromatic N) is 10. The molecule has 504 valence electrons. The molecule has 0 N–H and O–H groups in total. The van der Waals surface area contributed by atoms with E-state index in [2.05, 4.69) is 308 Å². The van der Waals surface area contributed by atoms with Crippen LogP contribution in [0.5, 0.6) is 0 Å². The average molecular weight is 1360 g/mol. The van der Waals surface area contributed by atoms with Crippen molar-refractivity contribution in [3.63, 3.8) is 0 Å². The van der Waals surface area contributed by atoms with Crippen molar-refractivity contribution in [2.45, 2.75) is 38.5 Å². The molecule has 0 unspecified atom stereocenters. The highest BCUT2D eigenvalue weighted by Crippen LogP contribution is 2.35. The Balaban J connectivity index is 0.000000100. The number of para-hydroxylation sites is 7. The first-order valence-corrected chi connectivity index (χ1v) is 35.5. The summed E-state index contributed by atoms with van der Waals surface area (Å²) in [6, 6.07) is 113. The Bertz CT molecular complexity index is 5740. The monoisotopic (exact) mass is 1350 g/mol. The molecule has 7 heterocycles. The second kappa shape index (κ2) is 33.3. The highest BCUT2D eigenvalue weighted by Gasteiger charge is 2.21. The lowest BCUT2D eigenvalue weighted by Gasteiger charge is -2.09. The Labute approximate surface area is 612 Å². The van der Waals surface area contributed by atoms with E-state index >= 15 is 0 Å². The molecule has 0 bridgehead atoms. The Kier molecular flexibility index (Phi) is 21.3. The Morgan fingerprint density at radius 1 is 0.305 bits per heavy atom. The molecule has 0 saturated carbocycles. The number of aromatic nitrogens is 5. The van der Waals surface area contributed by atoms with Crippen molar-refractivity contribution in [1.82, 2.24) is 24.5 Å². The number of allylic oxidation sites excluding steroid dienone is 5. The van der Waals surface area contributed by atoms with E-state index < -0.39 is 0 Å². The van der Waals surface area contributed by atoms with Crippen molar-refractivity contribution < 1.29 is 0 Å². The van der Waals surface area contributed by atoms with Crippen LogP contribution in [-0.4, -0.2) is 53.1 Å². The SMILES string of the molecule is C1=CCC(C2=Nc3ccccc3C2)=C1.C1=CN=C(c2ccccc2)C1.c1ccc(-c2nc3ccccc3n2-c2ccccc2)cc1.c1ccc(C2=Nc3ccccc3C2)cc1.c1ccc2c(c1)CC(c1ccc3ccccc3c1)=N2.c1ccc2c(c1)CC(c1cccc3ccccc13)=N2.c1ncncn1. The van der Waals surface area contributed by atoms with Crippen molar-refractivity contribution in [1.29, 1.82) is 0 Å². The van der Waals surface area contributed by atoms with Crippen LogP contribution in [0, 0.1) is 0 Å². The normalized spacial score (nSPS) is 13.4. The summed E-state index contributed by atoms with van der Waals surface area (Å²) in [5, 5.41) is 5.12. The molecule has 0 fully saturated rings. The summed E-state index contributed by atoms with van der Waals surface area (Å²) >= 11 is 0. The van der Waals surface area contributed by atoms with Crippen LogP contribution < -0.4 is 0 Å². The highest BCUT2D eigenvalue weighted by atomic mass is 15.1. The van der Waals surface area contributed by atoms with E-state index in [4.69, 9.17) is 15.0 Å². The lowest BCUT2D eigenvalue weighted by Crippen LogP contribution is -2.01. The predicted molar refractivity (Wildman–Crippen MR) is 436 cm³/mol. The van der Waals surface area contributed by atoms with Crippen LogP contribution in [0.15, 0.2) is 408 Å². The zero-order valence-corrected chi connectivity index (χ0v) is 58.0. The second-order valence-corrected chi connectivity index (χ2v) is 25.5. The van der Waals surface area contributed by atoms with Gasteiger partial charge in [0.25, 0.3) is 0 Å². The predicted octanol–water partition coefficient (Wildman–Crippen LogP) is 22.6. The molecule has 13 aromatic carbocycles. The van der Waals surface area contributed by atoms with Crippen molar-refractivity contribution in [2.75, 3.05) is 0 Å². The van der Waals surface area contributed by atoms with Gasteiger partial charge >= 0.3 is 0 Å². The molecule has 2 aromatic heterocycles. The minimum Gasteiger partial charge on any atom is -0.292 e. The summed E-state index contributed by atoms with van der Waals surface area (Å²) in [6.07, 6.45) is 20.6. The van der Waals surface area contributed by atoms with Crippen LogP contribution in [0.25, 0.3) is 49.7 Å². The molecule has 0 atom stereocenters. The van der Waals surface area contributed by atoms with Gasteiger partial charge in [0.15, 0.2) is 0 Å². The van der Waals surface area contributed by atoms with Crippen molar-refractivity contribution in [3.05, 3.63) is 427 Å². The van der Waals surface area contributed by atoms with Gasteiger partial charge in [-0.15, -0.1) is 0 Å². The molecule has 6 aliphatic rings. The Morgan fingerprint density at radius 2 is 0.762 bits per heavy atom. The van der Waals surface area contributed by atoms with Gasteiger partial charge in [0.05, 0.1) is 56.6 Å². The van der Waals surface area contributed by atoms with Gasteiger partial charge in [-0.3, -0.25) is 29.5 Å².